The van der Waals surface area contributed by atoms with Crippen molar-refractivity contribution in [2.45, 2.75) is 76.7 Å². The topological polar surface area (TPSA) is 9.23 Å². The normalized spacial score (nSPS) is 33.4. The highest BCUT2D eigenvalue weighted by molar-refractivity contribution is 6.21. The quantitative estimate of drug-likeness (QED) is 0.646. The van der Waals surface area contributed by atoms with E-state index in [0.717, 1.165) is 31.8 Å². The van der Waals surface area contributed by atoms with Crippen LogP contribution in [0.2, 0.25) is 0 Å². The Morgan fingerprint density at radius 3 is 2.29 bits per heavy atom. The first kappa shape index (κ1) is 13.7. The summed E-state index contributed by atoms with van der Waals surface area (Å²) in [6.45, 7) is 5.50. The van der Waals surface area contributed by atoms with E-state index in [1.165, 1.54) is 32.1 Å². The summed E-state index contributed by atoms with van der Waals surface area (Å²) in [5, 5.41) is 0.342. The summed E-state index contributed by atoms with van der Waals surface area (Å²) >= 11 is 6.41. The Labute approximate surface area is 111 Å². The molecule has 0 N–H and O–H groups in total. The highest BCUT2D eigenvalue weighted by Crippen LogP contribution is 2.52. The Hall–Kier alpha value is 0.250. The van der Waals surface area contributed by atoms with Crippen LogP contribution in [0.3, 0.4) is 0 Å². The zero-order valence-corrected chi connectivity index (χ0v) is 12.1. The Balaban J connectivity index is 1.79. The third-order valence-electron chi connectivity index (χ3n) is 5.26. The maximum atomic E-state index is 6.41. The molecule has 2 heteroatoms. The predicted octanol–water partition coefficient (Wildman–Crippen LogP) is 4.77. The second-order valence-electron chi connectivity index (χ2n) is 5.97. The summed E-state index contributed by atoms with van der Waals surface area (Å²) in [5.74, 6) is 0.824. The molecule has 1 nitrogen and oxygen atoms in total. The van der Waals surface area contributed by atoms with Gasteiger partial charge in [-0.15, -0.1) is 11.6 Å². The number of alkyl halides is 1. The van der Waals surface area contributed by atoms with Gasteiger partial charge in [0, 0.05) is 17.4 Å². The number of ether oxygens (including phenoxy) is 1. The molecule has 2 saturated carbocycles. The van der Waals surface area contributed by atoms with Crippen LogP contribution in [-0.2, 0) is 4.74 Å². The fourth-order valence-corrected chi connectivity index (χ4v) is 4.30. The smallest absolute Gasteiger partial charge is 0.0659 e. The van der Waals surface area contributed by atoms with Gasteiger partial charge in [0.05, 0.1) is 6.10 Å². The molecular weight excluding hydrogens is 232 g/mol. The van der Waals surface area contributed by atoms with Gasteiger partial charge in [-0.1, -0.05) is 33.1 Å². The predicted molar refractivity (Wildman–Crippen MR) is 73.6 cm³/mol. The fourth-order valence-electron chi connectivity index (χ4n) is 3.69. The van der Waals surface area contributed by atoms with E-state index in [9.17, 15) is 0 Å². The van der Waals surface area contributed by atoms with Gasteiger partial charge in [0.25, 0.3) is 0 Å². The van der Waals surface area contributed by atoms with Crippen molar-refractivity contribution in [2.75, 3.05) is 6.61 Å². The van der Waals surface area contributed by atoms with E-state index in [1.807, 2.05) is 0 Å². The second kappa shape index (κ2) is 5.93. The van der Waals surface area contributed by atoms with Gasteiger partial charge in [-0.25, -0.2) is 0 Å². The van der Waals surface area contributed by atoms with Crippen LogP contribution in [0.1, 0.15) is 65.2 Å². The summed E-state index contributed by atoms with van der Waals surface area (Å²) in [7, 11) is 0. The number of rotatable bonds is 5. The summed E-state index contributed by atoms with van der Waals surface area (Å²) in [6, 6.07) is 0. The molecule has 2 rings (SSSR count). The van der Waals surface area contributed by atoms with Crippen molar-refractivity contribution in [3.05, 3.63) is 0 Å². The van der Waals surface area contributed by atoms with Gasteiger partial charge in [0.15, 0.2) is 0 Å². The molecule has 2 aliphatic carbocycles. The molecule has 0 aromatic heterocycles. The average molecular weight is 259 g/mol. The van der Waals surface area contributed by atoms with Gasteiger partial charge >= 0.3 is 0 Å². The lowest BCUT2D eigenvalue weighted by Gasteiger charge is -2.53. The van der Waals surface area contributed by atoms with Crippen LogP contribution in [0, 0.1) is 11.3 Å². The minimum Gasteiger partial charge on any atom is -0.377 e. The maximum absolute atomic E-state index is 6.41. The van der Waals surface area contributed by atoms with Gasteiger partial charge < -0.3 is 4.74 Å². The summed E-state index contributed by atoms with van der Waals surface area (Å²) < 4.78 is 6.20. The molecule has 2 aliphatic rings. The summed E-state index contributed by atoms with van der Waals surface area (Å²) in [4.78, 5) is 0. The van der Waals surface area contributed by atoms with Crippen molar-refractivity contribution in [3.8, 4) is 0 Å². The molecular formula is C15H27ClO. The highest BCUT2D eigenvalue weighted by Gasteiger charge is 2.52. The maximum Gasteiger partial charge on any atom is 0.0659 e. The van der Waals surface area contributed by atoms with Crippen LogP contribution in [-0.4, -0.2) is 18.1 Å². The van der Waals surface area contributed by atoms with Crippen molar-refractivity contribution in [3.63, 3.8) is 0 Å². The van der Waals surface area contributed by atoms with Crippen molar-refractivity contribution in [1.29, 1.82) is 0 Å². The fraction of sp³-hybridized carbons (Fsp3) is 1.00. The second-order valence-corrected chi connectivity index (χ2v) is 6.50. The lowest BCUT2D eigenvalue weighted by molar-refractivity contribution is -0.122. The van der Waals surface area contributed by atoms with Crippen LogP contribution in [0.15, 0.2) is 0 Å². The van der Waals surface area contributed by atoms with Gasteiger partial charge in [0.2, 0.25) is 0 Å². The monoisotopic (exact) mass is 258 g/mol. The molecule has 0 radical (unpaired) electrons. The van der Waals surface area contributed by atoms with Crippen LogP contribution in [0.4, 0.5) is 0 Å². The van der Waals surface area contributed by atoms with Gasteiger partial charge in [-0.3, -0.25) is 0 Å². The van der Waals surface area contributed by atoms with Crippen LogP contribution in [0.5, 0.6) is 0 Å². The van der Waals surface area contributed by atoms with E-state index in [1.54, 1.807) is 0 Å². The molecule has 0 aliphatic heterocycles. The Bertz CT molecular complexity index is 231. The van der Waals surface area contributed by atoms with E-state index in [-0.39, 0.29) is 5.41 Å². The first-order valence-corrected chi connectivity index (χ1v) is 7.92. The van der Waals surface area contributed by atoms with E-state index in [2.05, 4.69) is 13.8 Å². The summed E-state index contributed by atoms with van der Waals surface area (Å²) in [5.41, 5.74) is 0.274. The third-order valence-corrected chi connectivity index (χ3v) is 5.87. The zero-order valence-electron chi connectivity index (χ0n) is 11.4. The Kier molecular flexibility index (Phi) is 4.77. The molecule has 0 bridgehead atoms. The van der Waals surface area contributed by atoms with Gasteiger partial charge in [-0.2, -0.15) is 0 Å². The Morgan fingerprint density at radius 2 is 1.76 bits per heavy atom. The van der Waals surface area contributed by atoms with Crippen LogP contribution < -0.4 is 0 Å². The number of hydrogen-bond acceptors (Lipinski definition) is 1. The molecule has 0 aromatic carbocycles. The Morgan fingerprint density at radius 1 is 1.12 bits per heavy atom. The number of halogens is 1. The molecule has 2 fully saturated rings. The molecule has 100 valence electrons. The number of hydrogen-bond donors (Lipinski definition) is 0. The first-order chi connectivity index (χ1) is 8.23. The lowest BCUT2D eigenvalue weighted by Crippen LogP contribution is -2.55. The van der Waals surface area contributed by atoms with Crippen molar-refractivity contribution < 1.29 is 4.74 Å². The average Bonchev–Trinajstić information content (AvgIpc) is 2.37. The SMILES string of the molecule is CCC1(CC)C(Cl)CC1OCC1CCCCC1. The van der Waals surface area contributed by atoms with E-state index >= 15 is 0 Å². The molecule has 17 heavy (non-hydrogen) atoms. The van der Waals surface area contributed by atoms with E-state index < -0.39 is 0 Å². The van der Waals surface area contributed by atoms with Crippen molar-refractivity contribution in [1.82, 2.24) is 0 Å². The molecule has 0 saturated heterocycles. The third kappa shape index (κ3) is 2.66. The largest absolute Gasteiger partial charge is 0.377 e. The standard InChI is InChI=1S/C15H27ClO/c1-3-15(4-2)13(16)10-14(15)17-11-12-8-6-5-7-9-12/h12-14H,3-11H2,1-2H3. The molecule has 0 aromatic rings. The van der Waals surface area contributed by atoms with Gasteiger partial charge in [0.1, 0.15) is 0 Å². The molecule has 0 heterocycles. The van der Waals surface area contributed by atoms with Gasteiger partial charge in [-0.05, 0) is 38.0 Å². The van der Waals surface area contributed by atoms with E-state index in [0.29, 0.717) is 11.5 Å². The van der Waals surface area contributed by atoms with Crippen molar-refractivity contribution in [2.24, 2.45) is 11.3 Å². The van der Waals surface area contributed by atoms with E-state index in [4.69, 9.17) is 16.3 Å². The minimum atomic E-state index is 0.274. The zero-order chi connectivity index (χ0) is 12.3. The molecule has 2 unspecified atom stereocenters. The van der Waals surface area contributed by atoms with Crippen LogP contribution >= 0.6 is 11.6 Å². The summed E-state index contributed by atoms with van der Waals surface area (Å²) in [6.07, 6.45) is 10.8. The molecule has 0 spiro atoms. The molecule has 0 amide bonds. The molecule has 2 atom stereocenters. The minimum absolute atomic E-state index is 0.274. The van der Waals surface area contributed by atoms with Crippen molar-refractivity contribution >= 4 is 11.6 Å². The lowest BCUT2D eigenvalue weighted by atomic mass is 9.62. The highest BCUT2D eigenvalue weighted by atomic mass is 35.5. The first-order valence-electron chi connectivity index (χ1n) is 7.48. The van der Waals surface area contributed by atoms with Crippen LogP contribution in [0.25, 0.3) is 0 Å².